The first-order valence-corrected chi connectivity index (χ1v) is 10.3. The Balaban J connectivity index is 1.67. The molecule has 0 saturated carbocycles. The van der Waals surface area contributed by atoms with Crippen molar-refractivity contribution in [3.63, 3.8) is 0 Å². The van der Waals surface area contributed by atoms with Crippen molar-refractivity contribution in [2.45, 2.75) is 18.9 Å². The molecule has 1 N–H and O–H groups in total. The molecule has 2 heterocycles. The minimum atomic E-state index is -0.660. The van der Waals surface area contributed by atoms with Crippen molar-refractivity contribution in [3.05, 3.63) is 69.1 Å². The zero-order valence-electron chi connectivity index (χ0n) is 15.9. The van der Waals surface area contributed by atoms with Crippen LogP contribution in [0.4, 0.5) is 11.4 Å². The standard InChI is InChI=1S/C21H19N3O5S/c25-18-9-8-14(11-17(18)24(27)28)12-19-20(26)23(13-16-7-4-10-29-16)21(30-19)22-15-5-2-1-3-6-15/h1-3,5-6,8-9,11-12,16,25H,4,7,10,13H2. The number of aliphatic imine (C=N–C) groups is 1. The third-order valence-corrected chi connectivity index (χ3v) is 5.78. The van der Waals surface area contributed by atoms with E-state index in [4.69, 9.17) is 4.74 Å². The van der Waals surface area contributed by atoms with Gasteiger partial charge in [-0.25, -0.2) is 4.99 Å². The van der Waals surface area contributed by atoms with E-state index in [1.54, 1.807) is 11.0 Å². The average molecular weight is 425 g/mol. The van der Waals surface area contributed by atoms with Gasteiger partial charge in [0.25, 0.3) is 5.91 Å². The van der Waals surface area contributed by atoms with Crippen LogP contribution in [0, 0.1) is 10.1 Å². The van der Waals surface area contributed by atoms with Crippen molar-refractivity contribution in [1.82, 2.24) is 4.90 Å². The van der Waals surface area contributed by atoms with Crippen molar-refractivity contribution in [2.24, 2.45) is 4.99 Å². The molecule has 1 unspecified atom stereocenters. The molecule has 4 rings (SSSR count). The lowest BCUT2D eigenvalue weighted by Crippen LogP contribution is -2.36. The van der Waals surface area contributed by atoms with Gasteiger partial charge in [-0.2, -0.15) is 0 Å². The van der Waals surface area contributed by atoms with Crippen LogP contribution in [0.15, 0.2) is 58.4 Å². The van der Waals surface area contributed by atoms with E-state index >= 15 is 0 Å². The molecule has 2 aromatic carbocycles. The van der Waals surface area contributed by atoms with Crippen LogP contribution in [0.1, 0.15) is 18.4 Å². The molecule has 0 aromatic heterocycles. The van der Waals surface area contributed by atoms with Gasteiger partial charge in [0.05, 0.1) is 28.2 Å². The summed E-state index contributed by atoms with van der Waals surface area (Å²) in [6, 6.07) is 13.4. The second-order valence-electron chi connectivity index (χ2n) is 6.90. The van der Waals surface area contributed by atoms with E-state index in [1.807, 2.05) is 30.3 Å². The molecule has 1 amide bonds. The van der Waals surface area contributed by atoms with E-state index < -0.39 is 16.4 Å². The van der Waals surface area contributed by atoms with Gasteiger partial charge in [-0.3, -0.25) is 19.8 Å². The maximum atomic E-state index is 13.1. The van der Waals surface area contributed by atoms with Crippen LogP contribution >= 0.6 is 11.8 Å². The number of carbonyl (C=O) groups is 1. The zero-order valence-corrected chi connectivity index (χ0v) is 16.7. The average Bonchev–Trinajstić information content (AvgIpc) is 3.34. The summed E-state index contributed by atoms with van der Waals surface area (Å²) >= 11 is 1.22. The van der Waals surface area contributed by atoms with E-state index in [0.29, 0.717) is 28.8 Å². The number of ether oxygens (including phenoxy) is 1. The number of benzene rings is 2. The number of hydrogen-bond acceptors (Lipinski definition) is 7. The van der Waals surface area contributed by atoms with Crippen LogP contribution in [-0.2, 0) is 9.53 Å². The van der Waals surface area contributed by atoms with E-state index in [2.05, 4.69) is 4.99 Å². The van der Waals surface area contributed by atoms with Gasteiger partial charge in [-0.05, 0) is 54.4 Å². The highest BCUT2D eigenvalue weighted by atomic mass is 32.2. The molecule has 30 heavy (non-hydrogen) atoms. The molecule has 9 heteroatoms. The summed E-state index contributed by atoms with van der Waals surface area (Å²) in [6.45, 7) is 1.09. The van der Waals surface area contributed by atoms with Crippen LogP contribution in [0.25, 0.3) is 6.08 Å². The zero-order chi connectivity index (χ0) is 21.1. The second kappa shape index (κ2) is 8.68. The first-order valence-electron chi connectivity index (χ1n) is 9.45. The van der Waals surface area contributed by atoms with E-state index in [0.717, 1.165) is 18.5 Å². The number of thioether (sulfide) groups is 1. The van der Waals surface area contributed by atoms with E-state index in [1.165, 1.54) is 30.0 Å². The molecule has 0 radical (unpaired) electrons. The molecule has 2 aromatic rings. The summed E-state index contributed by atoms with van der Waals surface area (Å²) in [4.78, 5) is 30.2. The molecule has 154 valence electrons. The Morgan fingerprint density at radius 2 is 2.10 bits per heavy atom. The van der Waals surface area contributed by atoms with Gasteiger partial charge in [0, 0.05) is 12.7 Å². The normalized spacial score (nSPS) is 21.7. The van der Waals surface area contributed by atoms with Crippen LogP contribution in [0.5, 0.6) is 5.75 Å². The number of amidine groups is 1. The van der Waals surface area contributed by atoms with Crippen molar-refractivity contribution < 1.29 is 19.6 Å². The number of nitro benzene ring substituents is 1. The largest absolute Gasteiger partial charge is 0.502 e. The Morgan fingerprint density at radius 1 is 1.30 bits per heavy atom. The lowest BCUT2D eigenvalue weighted by atomic mass is 10.1. The highest BCUT2D eigenvalue weighted by molar-refractivity contribution is 8.18. The predicted octanol–water partition coefficient (Wildman–Crippen LogP) is 4.08. The number of nitro groups is 1. The third kappa shape index (κ3) is 4.37. The summed E-state index contributed by atoms with van der Waals surface area (Å²) in [5.74, 6) is -0.639. The van der Waals surface area contributed by atoms with Crippen molar-refractivity contribution in [1.29, 1.82) is 0 Å². The molecule has 2 fully saturated rings. The fourth-order valence-corrected chi connectivity index (χ4v) is 4.29. The van der Waals surface area contributed by atoms with Gasteiger partial charge in [0.2, 0.25) is 0 Å². The van der Waals surface area contributed by atoms with Gasteiger partial charge < -0.3 is 9.84 Å². The Bertz CT molecular complexity index is 1030. The number of aromatic hydroxyl groups is 1. The van der Waals surface area contributed by atoms with Crippen LogP contribution in [-0.4, -0.2) is 45.3 Å². The molecular weight excluding hydrogens is 406 g/mol. The third-order valence-electron chi connectivity index (χ3n) is 4.77. The van der Waals surface area contributed by atoms with Gasteiger partial charge in [-0.15, -0.1) is 0 Å². The van der Waals surface area contributed by atoms with Gasteiger partial charge in [-0.1, -0.05) is 24.3 Å². The number of amides is 1. The Hall–Kier alpha value is -3.17. The van der Waals surface area contributed by atoms with Crippen LogP contribution in [0.2, 0.25) is 0 Å². The Morgan fingerprint density at radius 3 is 2.80 bits per heavy atom. The SMILES string of the molecule is O=C1C(=Cc2ccc(O)c([N+](=O)[O-])c2)SC(=Nc2ccccc2)N1CC1CCCO1. The number of nitrogens with zero attached hydrogens (tertiary/aromatic N) is 3. The Labute approximate surface area is 177 Å². The minimum Gasteiger partial charge on any atom is -0.502 e. The predicted molar refractivity (Wildman–Crippen MR) is 115 cm³/mol. The monoisotopic (exact) mass is 425 g/mol. The number of para-hydroxylation sites is 1. The molecule has 2 saturated heterocycles. The first-order chi connectivity index (χ1) is 14.5. The molecule has 1 atom stereocenters. The van der Waals surface area contributed by atoms with Crippen LogP contribution < -0.4 is 0 Å². The van der Waals surface area contributed by atoms with Gasteiger partial charge in [0.15, 0.2) is 10.9 Å². The second-order valence-corrected chi connectivity index (χ2v) is 7.91. The summed E-state index contributed by atoms with van der Waals surface area (Å²) < 4.78 is 5.69. The lowest BCUT2D eigenvalue weighted by Gasteiger charge is -2.19. The Kier molecular flexibility index (Phi) is 5.82. The lowest BCUT2D eigenvalue weighted by molar-refractivity contribution is -0.385. The quantitative estimate of drug-likeness (QED) is 0.440. The van der Waals surface area contributed by atoms with E-state index in [-0.39, 0.29) is 12.0 Å². The van der Waals surface area contributed by atoms with Crippen LogP contribution in [0.3, 0.4) is 0 Å². The topological polar surface area (TPSA) is 105 Å². The molecule has 0 aliphatic carbocycles. The number of phenolic OH excluding ortho intramolecular Hbond substituents is 1. The van der Waals surface area contributed by atoms with E-state index in [9.17, 15) is 20.0 Å². The smallest absolute Gasteiger partial charge is 0.311 e. The number of carbonyl (C=O) groups excluding carboxylic acids is 1. The molecule has 0 spiro atoms. The van der Waals surface area contributed by atoms with Gasteiger partial charge >= 0.3 is 5.69 Å². The minimum absolute atomic E-state index is 0.0374. The molecule has 2 aliphatic heterocycles. The summed E-state index contributed by atoms with van der Waals surface area (Å²) in [6.07, 6.45) is 3.39. The van der Waals surface area contributed by atoms with Gasteiger partial charge in [0.1, 0.15) is 0 Å². The molecule has 0 bridgehead atoms. The maximum Gasteiger partial charge on any atom is 0.311 e. The highest BCUT2D eigenvalue weighted by Crippen LogP contribution is 2.36. The molecular formula is C21H19N3O5S. The fourth-order valence-electron chi connectivity index (χ4n) is 3.29. The maximum absolute atomic E-state index is 13.1. The van der Waals surface area contributed by atoms with Crippen molar-refractivity contribution >= 4 is 40.3 Å². The first kappa shape index (κ1) is 20.1. The summed E-state index contributed by atoms with van der Waals surface area (Å²) in [5, 5.41) is 21.3. The number of phenols is 1. The number of rotatable bonds is 5. The molecule has 8 nitrogen and oxygen atoms in total. The molecule has 2 aliphatic rings. The van der Waals surface area contributed by atoms with Crippen molar-refractivity contribution in [3.8, 4) is 5.75 Å². The summed E-state index contributed by atoms with van der Waals surface area (Å²) in [7, 11) is 0. The highest BCUT2D eigenvalue weighted by Gasteiger charge is 2.36. The fraction of sp³-hybridized carbons (Fsp3) is 0.238. The number of hydrogen-bond donors (Lipinski definition) is 1. The van der Waals surface area contributed by atoms with Crippen molar-refractivity contribution in [2.75, 3.05) is 13.2 Å². The summed E-state index contributed by atoms with van der Waals surface area (Å²) in [5.41, 5.74) is 0.772.